The van der Waals surface area contributed by atoms with Crippen molar-refractivity contribution in [3.63, 3.8) is 0 Å². The smallest absolute Gasteiger partial charge is 0.345 e. The molecular weight excluding hydrogens is 332 g/mol. The van der Waals surface area contributed by atoms with Crippen LogP contribution in [-0.4, -0.2) is 22.1 Å². The summed E-state index contributed by atoms with van der Waals surface area (Å²) in [6, 6.07) is 3.70. The Morgan fingerprint density at radius 2 is 2.23 bits per heavy atom. The number of nitro groups is 1. The number of aromatic nitrogens is 1. The molecule has 1 aromatic carbocycles. The number of aryl methyl sites for hydroxylation is 1. The second-order valence-corrected chi connectivity index (χ2v) is 5.61. The highest BCUT2D eigenvalue weighted by atomic mass is 35.5. The lowest BCUT2D eigenvalue weighted by atomic mass is 10.2. The monoisotopic (exact) mass is 342 g/mol. The van der Waals surface area contributed by atoms with Gasteiger partial charge in [-0.2, -0.15) is 0 Å². The van der Waals surface area contributed by atoms with Crippen molar-refractivity contribution in [1.82, 2.24) is 4.57 Å². The average molecular weight is 343 g/mol. The van der Waals surface area contributed by atoms with Crippen LogP contribution in [-0.2, 0) is 11.3 Å². The predicted molar refractivity (Wildman–Crippen MR) is 81.7 cm³/mol. The second-order valence-electron chi connectivity index (χ2n) is 4.35. The lowest BCUT2D eigenvalue weighted by Gasteiger charge is -2.07. The summed E-state index contributed by atoms with van der Waals surface area (Å²) in [5, 5.41) is 12.8. The van der Waals surface area contributed by atoms with E-state index in [9.17, 15) is 19.7 Å². The summed E-state index contributed by atoms with van der Waals surface area (Å²) in [6.07, 6.45) is 0. The standard InChI is InChI=1S/C13H11ClN2O5S/c1-8-7-22-13(18)15(8)4-5-21-12(17)10-3-2-9(14)6-11(10)16(19)20/h2-3,6-7H,4-5H2,1H3. The number of thiazole rings is 1. The SMILES string of the molecule is Cc1csc(=O)n1CCOC(=O)c1ccc(Cl)cc1[N+](=O)[O-]. The Kier molecular flexibility index (Phi) is 4.94. The summed E-state index contributed by atoms with van der Waals surface area (Å²) >= 11 is 6.74. The van der Waals surface area contributed by atoms with E-state index in [2.05, 4.69) is 0 Å². The van der Waals surface area contributed by atoms with Crippen LogP contribution >= 0.6 is 22.9 Å². The van der Waals surface area contributed by atoms with Gasteiger partial charge in [-0.15, -0.1) is 0 Å². The van der Waals surface area contributed by atoms with E-state index in [1.165, 1.54) is 16.7 Å². The van der Waals surface area contributed by atoms with E-state index in [0.29, 0.717) is 0 Å². The molecule has 0 bridgehead atoms. The molecule has 0 atom stereocenters. The van der Waals surface area contributed by atoms with Crippen LogP contribution < -0.4 is 4.87 Å². The normalized spacial score (nSPS) is 10.5. The molecule has 0 spiro atoms. The number of nitrogens with zero attached hydrogens (tertiary/aromatic N) is 2. The zero-order valence-corrected chi connectivity index (χ0v) is 13.0. The molecule has 0 aliphatic heterocycles. The van der Waals surface area contributed by atoms with Crippen molar-refractivity contribution in [2.45, 2.75) is 13.5 Å². The Morgan fingerprint density at radius 1 is 1.50 bits per heavy atom. The Bertz CT molecular complexity index is 783. The Hall–Kier alpha value is -2.19. The molecule has 0 saturated heterocycles. The van der Waals surface area contributed by atoms with Crippen molar-refractivity contribution in [2.24, 2.45) is 0 Å². The van der Waals surface area contributed by atoms with E-state index >= 15 is 0 Å². The van der Waals surface area contributed by atoms with Gasteiger partial charge in [-0.25, -0.2) is 4.79 Å². The summed E-state index contributed by atoms with van der Waals surface area (Å²) in [7, 11) is 0. The minimum atomic E-state index is -0.829. The number of rotatable bonds is 5. The van der Waals surface area contributed by atoms with Crippen molar-refractivity contribution < 1.29 is 14.5 Å². The molecular formula is C13H11ClN2O5S. The van der Waals surface area contributed by atoms with E-state index in [1.807, 2.05) is 0 Å². The van der Waals surface area contributed by atoms with Gasteiger partial charge in [0.25, 0.3) is 5.69 Å². The van der Waals surface area contributed by atoms with Gasteiger partial charge in [0.2, 0.25) is 0 Å². The van der Waals surface area contributed by atoms with Gasteiger partial charge in [-0.1, -0.05) is 22.9 Å². The molecule has 0 aliphatic carbocycles. The van der Waals surface area contributed by atoms with E-state index in [1.54, 1.807) is 12.3 Å². The fourth-order valence-electron chi connectivity index (χ4n) is 1.81. The zero-order valence-electron chi connectivity index (χ0n) is 11.4. The lowest BCUT2D eigenvalue weighted by molar-refractivity contribution is -0.385. The first-order valence-corrected chi connectivity index (χ1v) is 7.42. The number of halogens is 1. The summed E-state index contributed by atoms with van der Waals surface area (Å²) < 4.78 is 6.47. The largest absolute Gasteiger partial charge is 0.460 e. The minimum absolute atomic E-state index is 0.0594. The Labute approximate surface area is 133 Å². The van der Waals surface area contributed by atoms with Gasteiger partial charge >= 0.3 is 10.8 Å². The number of hydrogen-bond donors (Lipinski definition) is 0. The molecule has 0 radical (unpaired) electrons. The van der Waals surface area contributed by atoms with Crippen LogP contribution in [0.3, 0.4) is 0 Å². The number of hydrogen-bond acceptors (Lipinski definition) is 6. The fraction of sp³-hybridized carbons (Fsp3) is 0.231. The van der Waals surface area contributed by atoms with Gasteiger partial charge in [0.1, 0.15) is 12.2 Å². The molecule has 7 nitrogen and oxygen atoms in total. The average Bonchev–Trinajstić information content (AvgIpc) is 2.78. The molecule has 1 aromatic heterocycles. The van der Waals surface area contributed by atoms with Gasteiger partial charge in [0.05, 0.1) is 11.5 Å². The number of nitro benzene ring substituents is 1. The Morgan fingerprint density at radius 3 is 2.82 bits per heavy atom. The molecule has 2 rings (SSSR count). The van der Waals surface area contributed by atoms with Gasteiger partial charge < -0.3 is 4.74 Å². The second kappa shape index (κ2) is 6.71. The highest BCUT2D eigenvalue weighted by Crippen LogP contribution is 2.23. The maximum atomic E-state index is 11.9. The molecule has 0 fully saturated rings. The highest BCUT2D eigenvalue weighted by molar-refractivity contribution is 7.07. The molecule has 1 heterocycles. The fourth-order valence-corrected chi connectivity index (χ4v) is 2.74. The van der Waals surface area contributed by atoms with E-state index < -0.39 is 16.6 Å². The third kappa shape index (κ3) is 3.52. The molecule has 116 valence electrons. The first kappa shape index (κ1) is 16.2. The van der Waals surface area contributed by atoms with Crippen molar-refractivity contribution >= 4 is 34.6 Å². The first-order chi connectivity index (χ1) is 10.4. The third-order valence-corrected chi connectivity index (χ3v) is 4.02. The van der Waals surface area contributed by atoms with Gasteiger partial charge in [-0.05, 0) is 19.1 Å². The van der Waals surface area contributed by atoms with Crippen LogP contribution in [0.25, 0.3) is 0 Å². The maximum Gasteiger partial charge on any atom is 0.345 e. The van der Waals surface area contributed by atoms with Crippen LogP contribution in [0.2, 0.25) is 5.02 Å². The summed E-state index contributed by atoms with van der Waals surface area (Å²) in [6.45, 7) is 1.90. The molecule has 0 amide bonds. The number of benzene rings is 1. The molecule has 0 aliphatic rings. The zero-order chi connectivity index (χ0) is 16.3. The van der Waals surface area contributed by atoms with Gasteiger partial charge in [-0.3, -0.25) is 19.5 Å². The van der Waals surface area contributed by atoms with Crippen molar-refractivity contribution in [2.75, 3.05) is 6.61 Å². The predicted octanol–water partition coefficient (Wildman–Crippen LogP) is 2.64. The molecule has 0 N–H and O–H groups in total. The van der Waals surface area contributed by atoms with Crippen LogP contribution in [0.5, 0.6) is 0 Å². The van der Waals surface area contributed by atoms with Crippen LogP contribution in [0, 0.1) is 17.0 Å². The molecule has 0 saturated carbocycles. The van der Waals surface area contributed by atoms with Crippen molar-refractivity contribution in [1.29, 1.82) is 0 Å². The van der Waals surface area contributed by atoms with Crippen molar-refractivity contribution in [3.8, 4) is 0 Å². The number of ether oxygens (including phenoxy) is 1. The maximum absolute atomic E-state index is 11.9. The van der Waals surface area contributed by atoms with E-state index in [0.717, 1.165) is 23.1 Å². The first-order valence-electron chi connectivity index (χ1n) is 6.16. The number of esters is 1. The van der Waals surface area contributed by atoms with Crippen LogP contribution in [0.1, 0.15) is 16.1 Å². The van der Waals surface area contributed by atoms with Crippen LogP contribution in [0.4, 0.5) is 5.69 Å². The minimum Gasteiger partial charge on any atom is -0.460 e. The highest BCUT2D eigenvalue weighted by Gasteiger charge is 2.21. The van der Waals surface area contributed by atoms with Gasteiger partial charge in [0.15, 0.2) is 0 Å². The third-order valence-electron chi connectivity index (χ3n) is 2.90. The topological polar surface area (TPSA) is 91.4 Å². The van der Waals surface area contributed by atoms with E-state index in [-0.39, 0.29) is 28.6 Å². The molecule has 22 heavy (non-hydrogen) atoms. The number of carbonyl (C=O) groups excluding carboxylic acids is 1. The summed E-state index contributed by atoms with van der Waals surface area (Å²) in [4.78, 5) is 33.5. The number of carbonyl (C=O) groups is 1. The Balaban J connectivity index is 2.07. The van der Waals surface area contributed by atoms with Gasteiger partial charge in [0, 0.05) is 22.2 Å². The molecule has 0 unspecified atom stereocenters. The van der Waals surface area contributed by atoms with Crippen LogP contribution in [0.15, 0.2) is 28.4 Å². The summed E-state index contributed by atoms with van der Waals surface area (Å²) in [5.41, 5.74) is 0.175. The lowest BCUT2D eigenvalue weighted by Crippen LogP contribution is -2.19. The van der Waals surface area contributed by atoms with Crippen molar-refractivity contribution in [3.05, 3.63) is 59.6 Å². The molecule has 2 aromatic rings. The quantitative estimate of drug-likeness (QED) is 0.473. The summed E-state index contributed by atoms with van der Waals surface area (Å²) in [5.74, 6) is -0.829. The molecule has 9 heteroatoms. The van der Waals surface area contributed by atoms with E-state index in [4.69, 9.17) is 16.3 Å².